The summed E-state index contributed by atoms with van der Waals surface area (Å²) in [5, 5.41) is 21.4. The van der Waals surface area contributed by atoms with Crippen molar-refractivity contribution in [2.24, 2.45) is 11.3 Å². The molecule has 2 unspecified atom stereocenters. The molecule has 0 bridgehead atoms. The molecule has 0 spiro atoms. The Labute approximate surface area is 184 Å². The Morgan fingerprint density at radius 3 is 2.26 bits per heavy atom. The van der Waals surface area contributed by atoms with Crippen LogP contribution in [-0.4, -0.2) is 24.7 Å². The van der Waals surface area contributed by atoms with Gasteiger partial charge in [0.25, 0.3) is 0 Å². The van der Waals surface area contributed by atoms with Crippen LogP contribution in [0.15, 0.2) is 48.5 Å². The van der Waals surface area contributed by atoms with E-state index in [-0.39, 0.29) is 23.3 Å². The fourth-order valence-corrected chi connectivity index (χ4v) is 3.86. The largest absolute Gasteiger partial charge is 0.378 e. The molecular formula is C26H29N3O2. The highest BCUT2D eigenvalue weighted by Crippen LogP contribution is 2.32. The van der Waals surface area contributed by atoms with Crippen molar-refractivity contribution in [2.45, 2.75) is 52.2 Å². The first-order valence-electron chi connectivity index (χ1n) is 10.7. The number of nitrogens with one attached hydrogen (secondary N) is 1. The highest BCUT2D eigenvalue weighted by atomic mass is 16.5. The lowest BCUT2D eigenvalue weighted by atomic mass is 9.80. The average Bonchev–Trinajstić information content (AvgIpc) is 2.78. The maximum Gasteiger partial charge on any atom is 0.224 e. The van der Waals surface area contributed by atoms with Crippen LogP contribution in [0.1, 0.15) is 44.7 Å². The Hall–Kier alpha value is -3.15. The number of rotatable bonds is 5. The molecule has 31 heavy (non-hydrogen) atoms. The molecule has 160 valence electrons. The molecule has 0 aliphatic carbocycles. The minimum Gasteiger partial charge on any atom is -0.378 e. The molecule has 1 aliphatic heterocycles. The van der Waals surface area contributed by atoms with Crippen LogP contribution in [0.5, 0.6) is 0 Å². The summed E-state index contributed by atoms with van der Waals surface area (Å²) in [6.07, 6.45) is 1.89. The van der Waals surface area contributed by atoms with E-state index >= 15 is 0 Å². The summed E-state index contributed by atoms with van der Waals surface area (Å²) < 4.78 is 5.85. The van der Waals surface area contributed by atoms with E-state index in [9.17, 15) is 10.1 Å². The molecule has 1 heterocycles. The highest BCUT2D eigenvalue weighted by Gasteiger charge is 2.35. The smallest absolute Gasteiger partial charge is 0.224 e. The molecule has 1 aliphatic rings. The van der Waals surface area contributed by atoms with Gasteiger partial charge in [-0.25, -0.2) is 0 Å². The topological polar surface area (TPSA) is 85.9 Å². The Kier molecular flexibility index (Phi) is 7.10. The van der Waals surface area contributed by atoms with Gasteiger partial charge in [0.05, 0.1) is 23.8 Å². The Bertz CT molecular complexity index is 976. The minimum atomic E-state index is -0.566. The van der Waals surface area contributed by atoms with Gasteiger partial charge in [-0.15, -0.1) is 0 Å². The van der Waals surface area contributed by atoms with Gasteiger partial charge >= 0.3 is 0 Å². The van der Waals surface area contributed by atoms with Crippen molar-refractivity contribution in [3.05, 3.63) is 59.7 Å². The lowest BCUT2D eigenvalue weighted by Crippen LogP contribution is -2.45. The van der Waals surface area contributed by atoms with Gasteiger partial charge in [-0.1, -0.05) is 57.2 Å². The van der Waals surface area contributed by atoms with Gasteiger partial charge in [-0.2, -0.15) is 10.5 Å². The third-order valence-corrected chi connectivity index (χ3v) is 5.83. The SMILES string of the molecule is CC(C)(C)[C@@H]1CC(C(=O)NC(C#N)Cc2ccc(-c3ccc(C#N)cc3)cc2)CCO1. The molecule has 5 heteroatoms. The minimum absolute atomic E-state index is 0.00967. The zero-order valence-corrected chi connectivity index (χ0v) is 18.4. The maximum atomic E-state index is 12.8. The van der Waals surface area contributed by atoms with Crippen molar-refractivity contribution >= 4 is 5.91 Å². The van der Waals surface area contributed by atoms with Crippen LogP contribution in [0.4, 0.5) is 0 Å². The second-order valence-electron chi connectivity index (χ2n) is 9.23. The predicted molar refractivity (Wildman–Crippen MR) is 120 cm³/mol. The summed E-state index contributed by atoms with van der Waals surface area (Å²) in [5.74, 6) is -0.175. The van der Waals surface area contributed by atoms with E-state index in [4.69, 9.17) is 10.00 Å². The number of hydrogen-bond acceptors (Lipinski definition) is 4. The number of nitrogens with zero attached hydrogens (tertiary/aromatic N) is 2. The van der Waals surface area contributed by atoms with Crippen molar-refractivity contribution in [3.63, 3.8) is 0 Å². The quantitative estimate of drug-likeness (QED) is 0.772. The molecule has 3 atom stereocenters. The van der Waals surface area contributed by atoms with E-state index in [0.717, 1.165) is 16.7 Å². The fraction of sp³-hybridized carbons (Fsp3) is 0.423. The van der Waals surface area contributed by atoms with Gasteiger partial charge in [-0.3, -0.25) is 4.79 Å². The van der Waals surface area contributed by atoms with Gasteiger partial charge in [0.2, 0.25) is 5.91 Å². The van der Waals surface area contributed by atoms with Crippen molar-refractivity contribution < 1.29 is 9.53 Å². The number of ether oxygens (including phenoxy) is 1. The van der Waals surface area contributed by atoms with Crippen LogP contribution < -0.4 is 5.32 Å². The first-order chi connectivity index (χ1) is 14.8. The van der Waals surface area contributed by atoms with Crippen LogP contribution >= 0.6 is 0 Å². The molecule has 2 aromatic rings. The Morgan fingerprint density at radius 1 is 1.10 bits per heavy atom. The molecule has 0 radical (unpaired) electrons. The number of hydrogen-bond donors (Lipinski definition) is 1. The molecule has 2 aromatic carbocycles. The Balaban J connectivity index is 1.60. The summed E-state index contributed by atoms with van der Waals surface area (Å²) >= 11 is 0. The molecule has 5 nitrogen and oxygen atoms in total. The van der Waals surface area contributed by atoms with Crippen LogP contribution in [0, 0.1) is 34.0 Å². The number of benzene rings is 2. The monoisotopic (exact) mass is 415 g/mol. The summed E-state index contributed by atoms with van der Waals surface area (Å²) in [5.41, 5.74) is 3.68. The van der Waals surface area contributed by atoms with Gasteiger partial charge in [0.15, 0.2) is 0 Å². The zero-order chi connectivity index (χ0) is 22.4. The number of carbonyl (C=O) groups is 1. The first-order valence-corrected chi connectivity index (χ1v) is 10.7. The summed E-state index contributed by atoms with van der Waals surface area (Å²) in [7, 11) is 0. The average molecular weight is 416 g/mol. The fourth-order valence-electron chi connectivity index (χ4n) is 3.86. The molecule has 3 rings (SSSR count). The van der Waals surface area contributed by atoms with E-state index in [1.54, 1.807) is 12.1 Å². The molecule has 0 saturated carbocycles. The second-order valence-corrected chi connectivity index (χ2v) is 9.23. The van der Waals surface area contributed by atoms with E-state index in [2.05, 4.69) is 38.2 Å². The lowest BCUT2D eigenvalue weighted by Gasteiger charge is -2.37. The zero-order valence-electron chi connectivity index (χ0n) is 18.4. The van der Waals surface area contributed by atoms with Crippen LogP contribution in [0.25, 0.3) is 11.1 Å². The molecule has 1 N–H and O–H groups in total. The number of nitriles is 2. The van der Waals surface area contributed by atoms with Crippen LogP contribution in [0.2, 0.25) is 0 Å². The maximum absolute atomic E-state index is 12.8. The molecule has 0 aromatic heterocycles. The third kappa shape index (κ3) is 5.94. The van der Waals surface area contributed by atoms with E-state index in [0.29, 0.717) is 31.4 Å². The summed E-state index contributed by atoms with van der Waals surface area (Å²) in [6, 6.07) is 19.2. The van der Waals surface area contributed by atoms with Crippen molar-refractivity contribution in [2.75, 3.05) is 6.61 Å². The van der Waals surface area contributed by atoms with E-state index < -0.39 is 6.04 Å². The van der Waals surface area contributed by atoms with Gasteiger partial charge in [0.1, 0.15) is 6.04 Å². The normalized spacial score (nSPS) is 19.6. The molecular weight excluding hydrogens is 386 g/mol. The Morgan fingerprint density at radius 2 is 1.71 bits per heavy atom. The van der Waals surface area contributed by atoms with Crippen molar-refractivity contribution in [3.8, 4) is 23.3 Å². The molecule has 1 saturated heterocycles. The molecule has 1 fully saturated rings. The first kappa shape index (κ1) is 22.5. The number of amides is 1. The lowest BCUT2D eigenvalue weighted by molar-refractivity contribution is -0.133. The van der Waals surface area contributed by atoms with Gasteiger partial charge in [-0.05, 0) is 47.1 Å². The van der Waals surface area contributed by atoms with E-state index in [1.807, 2.05) is 36.4 Å². The summed E-state index contributed by atoms with van der Waals surface area (Å²) in [4.78, 5) is 12.8. The van der Waals surface area contributed by atoms with Gasteiger partial charge in [0, 0.05) is 18.9 Å². The van der Waals surface area contributed by atoms with Crippen molar-refractivity contribution in [1.29, 1.82) is 10.5 Å². The van der Waals surface area contributed by atoms with E-state index in [1.165, 1.54) is 0 Å². The van der Waals surface area contributed by atoms with Crippen LogP contribution in [0.3, 0.4) is 0 Å². The predicted octanol–water partition coefficient (Wildman–Crippen LogP) is 4.62. The molecule has 1 amide bonds. The standard InChI is InChI=1S/C26H29N3O2/c1-26(2,3)24-15-22(12-13-31-24)25(30)29-23(17-28)14-18-4-8-20(9-5-18)21-10-6-19(16-27)7-11-21/h4-11,22-24H,12-15H2,1-3H3,(H,29,30)/t22?,23?,24-/m0/s1. The summed E-state index contributed by atoms with van der Waals surface area (Å²) in [6.45, 7) is 6.95. The highest BCUT2D eigenvalue weighted by molar-refractivity contribution is 5.79. The van der Waals surface area contributed by atoms with Crippen LogP contribution in [-0.2, 0) is 16.0 Å². The third-order valence-electron chi connectivity index (χ3n) is 5.83. The van der Waals surface area contributed by atoms with Gasteiger partial charge < -0.3 is 10.1 Å². The number of carbonyl (C=O) groups excluding carboxylic acids is 1. The van der Waals surface area contributed by atoms with Crippen molar-refractivity contribution in [1.82, 2.24) is 5.32 Å². The second kappa shape index (κ2) is 9.77.